The quantitative estimate of drug-likeness (QED) is 0.667. The summed E-state index contributed by atoms with van der Waals surface area (Å²) in [6.45, 7) is 9.39. The van der Waals surface area contributed by atoms with Crippen LogP contribution < -0.4 is 14.9 Å². The van der Waals surface area contributed by atoms with Gasteiger partial charge in [-0.15, -0.1) is 0 Å². The van der Waals surface area contributed by atoms with E-state index in [1.165, 1.54) is 11.0 Å². The summed E-state index contributed by atoms with van der Waals surface area (Å²) in [6.07, 6.45) is 0. The lowest BCUT2D eigenvalue weighted by Gasteiger charge is -2.37. The van der Waals surface area contributed by atoms with Crippen molar-refractivity contribution in [1.29, 1.82) is 0 Å². The Morgan fingerprint density at radius 1 is 1.32 bits per heavy atom. The third-order valence-corrected chi connectivity index (χ3v) is 6.61. The smallest absolute Gasteiger partial charge is 0.240 e. The third-order valence-electron chi connectivity index (χ3n) is 5.21. The minimum absolute atomic E-state index is 0.102. The van der Waals surface area contributed by atoms with E-state index in [4.69, 9.17) is 4.74 Å². The molecule has 2 heterocycles. The van der Waals surface area contributed by atoms with Crippen molar-refractivity contribution in [2.24, 2.45) is 0 Å². The van der Waals surface area contributed by atoms with Crippen molar-refractivity contribution in [3.8, 4) is 0 Å². The molecule has 25 heavy (non-hydrogen) atoms. The molecule has 0 spiro atoms. The second-order valence-electron chi connectivity index (χ2n) is 7.38. The lowest BCUT2D eigenvalue weighted by Crippen LogP contribution is -3.22. The number of hydrogen-bond donors (Lipinski definition) is 3. The summed E-state index contributed by atoms with van der Waals surface area (Å²) < 4.78 is 33.5. The molecule has 1 atom stereocenters. The molecule has 7 nitrogen and oxygen atoms in total. The molecule has 0 saturated carbocycles. The van der Waals surface area contributed by atoms with E-state index in [-0.39, 0.29) is 22.3 Å². The number of morpholine rings is 1. The van der Waals surface area contributed by atoms with E-state index in [1.54, 1.807) is 19.1 Å². The molecular weight excluding hydrogens is 342 g/mol. The zero-order chi connectivity index (χ0) is 18.2. The summed E-state index contributed by atoms with van der Waals surface area (Å²) in [6, 6.07) is 4.78. The molecule has 0 unspecified atom stereocenters. The lowest BCUT2D eigenvalue weighted by atomic mass is 10.0. The molecule has 3 rings (SSSR count). The van der Waals surface area contributed by atoms with Crippen LogP contribution in [0.5, 0.6) is 0 Å². The predicted octanol–water partition coefficient (Wildman–Crippen LogP) is -0.286. The number of ether oxygens (including phenoxy) is 1. The summed E-state index contributed by atoms with van der Waals surface area (Å²) in [5.41, 5.74) is 1.19. The van der Waals surface area contributed by atoms with E-state index in [1.807, 2.05) is 0 Å². The Morgan fingerprint density at radius 2 is 2.00 bits per heavy atom. The van der Waals surface area contributed by atoms with Gasteiger partial charge >= 0.3 is 0 Å². The van der Waals surface area contributed by atoms with Gasteiger partial charge in [0.2, 0.25) is 15.9 Å². The van der Waals surface area contributed by atoms with Gasteiger partial charge in [0.25, 0.3) is 0 Å². The highest BCUT2D eigenvalue weighted by molar-refractivity contribution is 7.89. The molecule has 1 saturated heterocycles. The van der Waals surface area contributed by atoms with Crippen LogP contribution in [0.2, 0.25) is 0 Å². The van der Waals surface area contributed by atoms with Gasteiger partial charge in [-0.05, 0) is 44.5 Å². The highest BCUT2D eigenvalue weighted by atomic mass is 32.2. The van der Waals surface area contributed by atoms with Gasteiger partial charge in [-0.1, -0.05) is 0 Å². The molecular formula is C17H26N3O4S+. The normalized spacial score (nSPS) is 21.9. The van der Waals surface area contributed by atoms with Crippen molar-refractivity contribution in [2.45, 2.75) is 37.1 Å². The van der Waals surface area contributed by atoms with Crippen LogP contribution in [0.15, 0.2) is 23.1 Å². The van der Waals surface area contributed by atoms with Crippen molar-refractivity contribution in [2.75, 3.05) is 38.2 Å². The van der Waals surface area contributed by atoms with Gasteiger partial charge in [0.05, 0.1) is 30.6 Å². The number of fused-ring (bicyclic) bond motifs is 1. The van der Waals surface area contributed by atoms with E-state index in [9.17, 15) is 13.2 Å². The monoisotopic (exact) mass is 368 g/mol. The Hall–Kier alpha value is -1.48. The molecule has 2 aliphatic rings. The number of amides is 1. The van der Waals surface area contributed by atoms with E-state index < -0.39 is 10.0 Å². The summed E-state index contributed by atoms with van der Waals surface area (Å²) in [4.78, 5) is 13.3. The molecule has 0 aromatic heterocycles. The molecule has 2 aliphatic heterocycles. The first-order valence-corrected chi connectivity index (χ1v) is 10.1. The number of carbonyl (C=O) groups excluding carboxylic acids is 1. The summed E-state index contributed by atoms with van der Waals surface area (Å²) >= 11 is 0. The number of sulfonamides is 1. The van der Waals surface area contributed by atoms with Gasteiger partial charge in [-0.25, -0.2) is 13.1 Å². The van der Waals surface area contributed by atoms with E-state index >= 15 is 0 Å². The van der Waals surface area contributed by atoms with Crippen LogP contribution in [0.4, 0.5) is 5.69 Å². The topological polar surface area (TPSA) is 88.9 Å². The number of carbonyl (C=O) groups is 1. The average molecular weight is 368 g/mol. The fourth-order valence-corrected chi connectivity index (χ4v) is 4.59. The van der Waals surface area contributed by atoms with Gasteiger partial charge in [-0.3, -0.25) is 4.79 Å². The van der Waals surface area contributed by atoms with Crippen LogP contribution in [0, 0.1) is 0 Å². The Labute approximate surface area is 148 Å². The highest BCUT2D eigenvalue weighted by Gasteiger charge is 2.34. The van der Waals surface area contributed by atoms with Gasteiger partial charge in [-0.2, -0.15) is 0 Å². The Bertz CT molecular complexity index is 770. The van der Waals surface area contributed by atoms with Crippen molar-refractivity contribution in [1.82, 2.24) is 4.72 Å². The molecule has 3 N–H and O–H groups in total. The fraction of sp³-hybridized carbons (Fsp3) is 0.588. The minimum Gasteiger partial charge on any atom is -0.370 e. The minimum atomic E-state index is -3.63. The maximum Gasteiger partial charge on any atom is 0.240 e. The summed E-state index contributed by atoms with van der Waals surface area (Å²) in [7, 11) is -3.63. The zero-order valence-electron chi connectivity index (χ0n) is 14.9. The van der Waals surface area contributed by atoms with Crippen LogP contribution in [0.3, 0.4) is 0 Å². The SMILES string of the molecule is C[C@H]1C(=O)Nc2ccc(S(=O)(=O)NCC(C)(C)[NH+]3CCOCC3)cc21. The summed E-state index contributed by atoms with van der Waals surface area (Å²) in [5, 5.41) is 2.76. The maximum atomic E-state index is 12.7. The molecule has 0 aliphatic carbocycles. The first-order chi connectivity index (χ1) is 11.7. The first kappa shape index (κ1) is 18.3. The predicted molar refractivity (Wildman–Crippen MR) is 94.3 cm³/mol. The number of quaternary nitrogens is 1. The number of rotatable bonds is 5. The molecule has 138 valence electrons. The second-order valence-corrected chi connectivity index (χ2v) is 9.15. The van der Waals surface area contributed by atoms with Crippen LogP contribution in [-0.4, -0.2) is 52.7 Å². The number of hydrogen-bond acceptors (Lipinski definition) is 4. The number of anilines is 1. The largest absolute Gasteiger partial charge is 0.370 e. The number of benzene rings is 1. The average Bonchev–Trinajstić information content (AvgIpc) is 2.88. The van der Waals surface area contributed by atoms with E-state index in [0.717, 1.165) is 18.7 Å². The van der Waals surface area contributed by atoms with Gasteiger partial charge < -0.3 is 15.0 Å². The van der Waals surface area contributed by atoms with Crippen LogP contribution in [0.25, 0.3) is 0 Å². The van der Waals surface area contributed by atoms with Crippen molar-refractivity contribution < 1.29 is 22.8 Å². The molecule has 1 amide bonds. The highest BCUT2D eigenvalue weighted by Crippen LogP contribution is 2.33. The fourth-order valence-electron chi connectivity index (χ4n) is 3.34. The second kappa shape index (κ2) is 6.68. The van der Waals surface area contributed by atoms with Crippen LogP contribution in [0.1, 0.15) is 32.3 Å². The standard InChI is InChI=1S/C17H25N3O4S/c1-12-14-10-13(4-5-15(14)19-16(12)21)25(22,23)18-11-17(2,3)20-6-8-24-9-7-20/h4-5,10,12,18H,6-9,11H2,1-3H3,(H,19,21)/p+1/t12-/m1/s1. The molecule has 8 heteroatoms. The number of nitrogens with one attached hydrogen (secondary N) is 3. The van der Waals surface area contributed by atoms with Crippen molar-refractivity contribution >= 4 is 21.6 Å². The molecule has 1 aromatic rings. The Kier molecular flexibility index (Phi) is 4.89. The van der Waals surface area contributed by atoms with E-state index in [0.29, 0.717) is 25.4 Å². The van der Waals surface area contributed by atoms with Gasteiger partial charge in [0.1, 0.15) is 18.6 Å². The zero-order valence-corrected chi connectivity index (χ0v) is 15.7. The van der Waals surface area contributed by atoms with Crippen molar-refractivity contribution in [3.05, 3.63) is 23.8 Å². The molecule has 1 aromatic carbocycles. The van der Waals surface area contributed by atoms with Gasteiger partial charge in [0, 0.05) is 5.69 Å². The summed E-state index contributed by atoms with van der Waals surface area (Å²) in [5.74, 6) is -0.436. The van der Waals surface area contributed by atoms with Gasteiger partial charge in [0.15, 0.2) is 0 Å². The molecule has 1 fully saturated rings. The third kappa shape index (κ3) is 3.72. The molecule has 0 bridgehead atoms. The van der Waals surface area contributed by atoms with Crippen LogP contribution in [-0.2, 0) is 19.6 Å². The van der Waals surface area contributed by atoms with Crippen molar-refractivity contribution in [3.63, 3.8) is 0 Å². The van der Waals surface area contributed by atoms with E-state index in [2.05, 4.69) is 23.9 Å². The first-order valence-electron chi connectivity index (χ1n) is 8.58. The Balaban J connectivity index is 1.73. The lowest BCUT2D eigenvalue weighted by molar-refractivity contribution is -0.954. The Morgan fingerprint density at radius 3 is 2.68 bits per heavy atom. The molecule has 0 radical (unpaired) electrons. The maximum absolute atomic E-state index is 12.7. The van der Waals surface area contributed by atoms with Crippen LogP contribution >= 0.6 is 0 Å².